The number of aliphatic hydroxyl groups is 1. The van der Waals surface area contributed by atoms with E-state index in [1.54, 1.807) is 0 Å². The summed E-state index contributed by atoms with van der Waals surface area (Å²) in [5.41, 5.74) is 1.42. The molecule has 1 aromatic rings. The Hall–Kier alpha value is -0.900. The number of hydrogen-bond donors (Lipinski definition) is 2. The van der Waals surface area contributed by atoms with Crippen LogP contribution in [0.3, 0.4) is 0 Å². The Bertz CT molecular complexity index is 355. The minimum Gasteiger partial charge on any atom is -0.392 e. The van der Waals surface area contributed by atoms with E-state index in [1.165, 1.54) is 18.5 Å². The van der Waals surface area contributed by atoms with E-state index in [0.29, 0.717) is 6.04 Å². The van der Waals surface area contributed by atoms with Crippen LogP contribution in [0.5, 0.6) is 0 Å². The first-order valence-corrected chi connectivity index (χ1v) is 7.45. The smallest absolute Gasteiger partial charge is 0.0662 e. The van der Waals surface area contributed by atoms with E-state index in [1.807, 2.05) is 6.92 Å². The standard InChI is InChI=1S/C16H26N2O/c1-2-16(19)12-17-15-9-11-18(13-15)10-8-14-6-4-3-5-7-14/h3-7,15-17,19H,2,8-13H2,1H3. The monoisotopic (exact) mass is 262 g/mol. The minimum absolute atomic E-state index is 0.196. The Balaban J connectivity index is 1.65. The molecule has 0 radical (unpaired) electrons. The van der Waals surface area contributed by atoms with Crippen molar-refractivity contribution in [1.82, 2.24) is 10.2 Å². The number of nitrogens with one attached hydrogen (secondary N) is 1. The molecule has 0 amide bonds. The zero-order valence-electron chi connectivity index (χ0n) is 11.9. The second kappa shape index (κ2) is 7.63. The fraction of sp³-hybridized carbons (Fsp3) is 0.625. The number of hydrogen-bond acceptors (Lipinski definition) is 3. The van der Waals surface area contributed by atoms with E-state index >= 15 is 0 Å². The molecule has 0 bridgehead atoms. The highest BCUT2D eigenvalue weighted by atomic mass is 16.3. The van der Waals surface area contributed by atoms with Gasteiger partial charge >= 0.3 is 0 Å². The molecule has 0 aromatic heterocycles. The molecule has 2 rings (SSSR count). The van der Waals surface area contributed by atoms with Crippen molar-refractivity contribution >= 4 is 0 Å². The zero-order valence-corrected chi connectivity index (χ0v) is 11.9. The molecular weight excluding hydrogens is 236 g/mol. The molecule has 0 saturated carbocycles. The van der Waals surface area contributed by atoms with Gasteiger partial charge in [0.05, 0.1) is 6.10 Å². The van der Waals surface area contributed by atoms with Crippen LogP contribution in [0.4, 0.5) is 0 Å². The topological polar surface area (TPSA) is 35.5 Å². The van der Waals surface area contributed by atoms with Crippen molar-refractivity contribution in [2.24, 2.45) is 0 Å². The van der Waals surface area contributed by atoms with Crippen molar-refractivity contribution in [3.8, 4) is 0 Å². The van der Waals surface area contributed by atoms with Gasteiger partial charge in [0.1, 0.15) is 0 Å². The van der Waals surface area contributed by atoms with E-state index in [2.05, 4.69) is 40.5 Å². The summed E-state index contributed by atoms with van der Waals surface area (Å²) in [6.45, 7) is 6.18. The van der Waals surface area contributed by atoms with Crippen molar-refractivity contribution in [2.45, 2.75) is 38.3 Å². The molecule has 0 aliphatic carbocycles. The largest absolute Gasteiger partial charge is 0.392 e. The molecule has 106 valence electrons. The summed E-state index contributed by atoms with van der Waals surface area (Å²) in [7, 11) is 0. The average molecular weight is 262 g/mol. The molecule has 19 heavy (non-hydrogen) atoms. The van der Waals surface area contributed by atoms with Gasteiger partial charge in [0.2, 0.25) is 0 Å². The van der Waals surface area contributed by atoms with Gasteiger partial charge in [0.15, 0.2) is 0 Å². The number of aliphatic hydroxyl groups excluding tert-OH is 1. The third kappa shape index (κ3) is 4.94. The van der Waals surface area contributed by atoms with Gasteiger partial charge in [-0.05, 0) is 31.4 Å². The summed E-state index contributed by atoms with van der Waals surface area (Å²) < 4.78 is 0. The highest BCUT2D eigenvalue weighted by molar-refractivity contribution is 5.14. The maximum absolute atomic E-state index is 9.56. The van der Waals surface area contributed by atoms with Gasteiger partial charge in [-0.25, -0.2) is 0 Å². The van der Waals surface area contributed by atoms with Crippen LogP contribution in [0.1, 0.15) is 25.3 Å². The highest BCUT2D eigenvalue weighted by Gasteiger charge is 2.21. The lowest BCUT2D eigenvalue weighted by atomic mass is 10.1. The highest BCUT2D eigenvalue weighted by Crippen LogP contribution is 2.10. The Morgan fingerprint density at radius 2 is 2.16 bits per heavy atom. The Kier molecular flexibility index (Phi) is 5.83. The van der Waals surface area contributed by atoms with Crippen molar-refractivity contribution in [1.29, 1.82) is 0 Å². The van der Waals surface area contributed by atoms with Gasteiger partial charge in [-0.1, -0.05) is 37.3 Å². The van der Waals surface area contributed by atoms with Gasteiger partial charge in [-0.15, -0.1) is 0 Å². The SMILES string of the molecule is CCC(O)CNC1CCN(CCc2ccccc2)C1. The average Bonchev–Trinajstić information content (AvgIpc) is 2.91. The van der Waals surface area contributed by atoms with Gasteiger partial charge in [0.25, 0.3) is 0 Å². The van der Waals surface area contributed by atoms with Gasteiger partial charge in [0, 0.05) is 25.7 Å². The summed E-state index contributed by atoms with van der Waals surface area (Å²) in [5, 5.41) is 13.0. The summed E-state index contributed by atoms with van der Waals surface area (Å²) >= 11 is 0. The molecular formula is C16H26N2O. The van der Waals surface area contributed by atoms with Crippen LogP contribution in [0.25, 0.3) is 0 Å². The second-order valence-corrected chi connectivity index (χ2v) is 5.49. The fourth-order valence-electron chi connectivity index (χ4n) is 2.58. The van der Waals surface area contributed by atoms with Gasteiger partial charge in [-0.3, -0.25) is 0 Å². The number of likely N-dealkylation sites (tertiary alicyclic amines) is 1. The summed E-state index contributed by atoms with van der Waals surface area (Å²) in [5.74, 6) is 0. The first-order valence-electron chi connectivity index (χ1n) is 7.45. The van der Waals surface area contributed by atoms with Crippen molar-refractivity contribution in [2.75, 3.05) is 26.2 Å². The molecule has 3 nitrogen and oxygen atoms in total. The van der Waals surface area contributed by atoms with Crippen molar-refractivity contribution in [3.05, 3.63) is 35.9 Å². The molecule has 1 heterocycles. The maximum atomic E-state index is 9.56. The minimum atomic E-state index is -0.196. The number of nitrogens with zero attached hydrogens (tertiary/aromatic N) is 1. The van der Waals surface area contributed by atoms with Gasteiger partial charge in [-0.2, -0.15) is 0 Å². The van der Waals surface area contributed by atoms with Crippen LogP contribution in [0.2, 0.25) is 0 Å². The molecule has 2 N–H and O–H groups in total. The number of benzene rings is 1. The molecule has 1 aliphatic heterocycles. The molecule has 1 fully saturated rings. The zero-order chi connectivity index (χ0) is 13.5. The van der Waals surface area contributed by atoms with Gasteiger partial charge < -0.3 is 15.3 Å². The normalized spacial score (nSPS) is 21.7. The Morgan fingerprint density at radius 1 is 1.37 bits per heavy atom. The molecule has 2 atom stereocenters. The Morgan fingerprint density at radius 3 is 2.89 bits per heavy atom. The first-order chi connectivity index (χ1) is 9.28. The van der Waals surface area contributed by atoms with E-state index in [0.717, 1.165) is 32.5 Å². The second-order valence-electron chi connectivity index (χ2n) is 5.49. The summed E-state index contributed by atoms with van der Waals surface area (Å²) in [4.78, 5) is 2.52. The van der Waals surface area contributed by atoms with Crippen LogP contribution in [-0.4, -0.2) is 48.3 Å². The molecule has 1 aromatic carbocycles. The van der Waals surface area contributed by atoms with E-state index in [-0.39, 0.29) is 6.10 Å². The van der Waals surface area contributed by atoms with Crippen LogP contribution >= 0.6 is 0 Å². The first kappa shape index (κ1) is 14.5. The van der Waals surface area contributed by atoms with Crippen LogP contribution in [0, 0.1) is 0 Å². The molecule has 0 spiro atoms. The van der Waals surface area contributed by atoms with Crippen LogP contribution in [0.15, 0.2) is 30.3 Å². The fourth-order valence-corrected chi connectivity index (χ4v) is 2.58. The Labute approximate surface area is 116 Å². The van der Waals surface area contributed by atoms with E-state index in [9.17, 15) is 5.11 Å². The summed E-state index contributed by atoms with van der Waals surface area (Å²) in [6.07, 6.45) is 2.96. The lowest BCUT2D eigenvalue weighted by molar-refractivity contribution is 0.162. The van der Waals surface area contributed by atoms with Crippen molar-refractivity contribution in [3.63, 3.8) is 0 Å². The number of rotatable bonds is 7. The maximum Gasteiger partial charge on any atom is 0.0662 e. The molecule has 1 saturated heterocycles. The third-order valence-electron chi connectivity index (χ3n) is 3.95. The molecule has 3 heteroatoms. The predicted molar refractivity (Wildman–Crippen MR) is 79.3 cm³/mol. The van der Waals surface area contributed by atoms with E-state index in [4.69, 9.17) is 0 Å². The molecule has 1 aliphatic rings. The summed E-state index contributed by atoms with van der Waals surface area (Å²) in [6, 6.07) is 11.2. The van der Waals surface area contributed by atoms with Crippen LogP contribution < -0.4 is 5.32 Å². The van der Waals surface area contributed by atoms with E-state index < -0.39 is 0 Å². The lowest BCUT2D eigenvalue weighted by Crippen LogP contribution is -2.37. The molecule has 2 unspecified atom stereocenters. The predicted octanol–water partition coefficient (Wildman–Crippen LogP) is 1.66. The van der Waals surface area contributed by atoms with Crippen LogP contribution in [-0.2, 0) is 6.42 Å². The third-order valence-corrected chi connectivity index (χ3v) is 3.95. The van der Waals surface area contributed by atoms with Crippen molar-refractivity contribution < 1.29 is 5.11 Å². The lowest BCUT2D eigenvalue weighted by Gasteiger charge is -2.17. The quantitative estimate of drug-likeness (QED) is 0.784.